The van der Waals surface area contributed by atoms with Crippen LogP contribution in [0.5, 0.6) is 0 Å². The van der Waals surface area contributed by atoms with Crippen LogP contribution >= 0.6 is 0 Å². The van der Waals surface area contributed by atoms with Crippen LogP contribution in [0.2, 0.25) is 0 Å². The molecule has 0 heterocycles. The standard InChI is InChI=1S/C12H20F3NO4/c1-7(8(6-9(17)18)12(13,14)15)16(5)10(19)20-11(2,3)4/h7-8H,6H2,1-5H3,(H,17,18). The maximum atomic E-state index is 12.9. The quantitative estimate of drug-likeness (QED) is 0.866. The molecule has 0 saturated carbocycles. The first-order chi connectivity index (χ1) is 8.75. The Morgan fingerprint density at radius 1 is 1.25 bits per heavy atom. The molecule has 2 atom stereocenters. The van der Waals surface area contributed by atoms with E-state index in [1.54, 1.807) is 20.8 Å². The number of amides is 1. The fourth-order valence-electron chi connectivity index (χ4n) is 1.52. The Balaban J connectivity index is 5.02. The predicted molar refractivity (Wildman–Crippen MR) is 65.3 cm³/mol. The highest BCUT2D eigenvalue weighted by Gasteiger charge is 2.46. The topological polar surface area (TPSA) is 66.8 Å². The van der Waals surface area contributed by atoms with E-state index >= 15 is 0 Å². The SMILES string of the molecule is CC(C(CC(=O)O)C(F)(F)F)N(C)C(=O)OC(C)(C)C. The van der Waals surface area contributed by atoms with E-state index in [-0.39, 0.29) is 0 Å². The molecule has 0 aliphatic carbocycles. The minimum atomic E-state index is -4.71. The number of halogens is 3. The highest BCUT2D eigenvalue weighted by molar-refractivity contribution is 5.69. The molecule has 0 rings (SSSR count). The zero-order valence-corrected chi connectivity index (χ0v) is 12.1. The third-order valence-corrected chi connectivity index (χ3v) is 2.69. The summed E-state index contributed by atoms with van der Waals surface area (Å²) in [7, 11) is 1.15. The highest BCUT2D eigenvalue weighted by Crippen LogP contribution is 2.33. The number of hydrogen-bond acceptors (Lipinski definition) is 3. The zero-order chi connectivity index (χ0) is 16.3. The summed E-state index contributed by atoms with van der Waals surface area (Å²) in [5.74, 6) is -3.73. The normalized spacial score (nSPS) is 15.4. The molecular weight excluding hydrogens is 279 g/mol. The number of aliphatic carboxylic acids is 1. The molecule has 1 N–H and O–H groups in total. The van der Waals surface area contributed by atoms with Crippen molar-refractivity contribution >= 4 is 12.1 Å². The van der Waals surface area contributed by atoms with E-state index < -0.39 is 42.2 Å². The summed E-state index contributed by atoms with van der Waals surface area (Å²) in [6.45, 7) is 5.90. The summed E-state index contributed by atoms with van der Waals surface area (Å²) in [6.07, 6.45) is -6.74. The number of rotatable bonds is 4. The van der Waals surface area contributed by atoms with E-state index in [9.17, 15) is 22.8 Å². The Kier molecular flexibility index (Phi) is 5.86. The summed E-state index contributed by atoms with van der Waals surface area (Å²) in [6, 6.07) is -1.35. The van der Waals surface area contributed by atoms with Crippen LogP contribution in [0.25, 0.3) is 0 Å². The van der Waals surface area contributed by atoms with Crippen molar-refractivity contribution in [1.82, 2.24) is 4.90 Å². The Labute approximate surface area is 115 Å². The molecule has 0 saturated heterocycles. The van der Waals surface area contributed by atoms with Crippen molar-refractivity contribution in [2.24, 2.45) is 5.92 Å². The monoisotopic (exact) mass is 299 g/mol. The van der Waals surface area contributed by atoms with Gasteiger partial charge in [0.05, 0.1) is 12.3 Å². The van der Waals surface area contributed by atoms with Gasteiger partial charge in [-0.05, 0) is 27.7 Å². The fourth-order valence-corrected chi connectivity index (χ4v) is 1.52. The van der Waals surface area contributed by atoms with Crippen molar-refractivity contribution in [2.45, 2.75) is 51.9 Å². The summed E-state index contributed by atoms with van der Waals surface area (Å²) < 4.78 is 43.5. The maximum Gasteiger partial charge on any atom is 0.410 e. The van der Waals surface area contributed by atoms with Crippen LogP contribution in [0.1, 0.15) is 34.1 Å². The Morgan fingerprint density at radius 3 is 2.00 bits per heavy atom. The van der Waals surface area contributed by atoms with E-state index in [1.165, 1.54) is 0 Å². The van der Waals surface area contributed by atoms with Crippen LogP contribution in [-0.2, 0) is 9.53 Å². The summed E-state index contributed by atoms with van der Waals surface area (Å²) in [5, 5.41) is 8.57. The number of carbonyl (C=O) groups is 2. The van der Waals surface area contributed by atoms with Gasteiger partial charge < -0.3 is 14.7 Å². The average molecular weight is 299 g/mol. The number of carbonyl (C=O) groups excluding carboxylic acids is 1. The van der Waals surface area contributed by atoms with Crippen molar-refractivity contribution in [3.63, 3.8) is 0 Å². The van der Waals surface area contributed by atoms with Gasteiger partial charge in [0, 0.05) is 13.1 Å². The van der Waals surface area contributed by atoms with Crippen LogP contribution in [0.4, 0.5) is 18.0 Å². The number of nitrogens with zero attached hydrogens (tertiary/aromatic N) is 1. The molecule has 0 radical (unpaired) electrons. The van der Waals surface area contributed by atoms with Crippen LogP contribution in [0.3, 0.4) is 0 Å². The molecule has 118 valence electrons. The molecule has 1 amide bonds. The number of carboxylic acids is 1. The van der Waals surface area contributed by atoms with Gasteiger partial charge in [0.1, 0.15) is 5.60 Å². The molecule has 0 aromatic rings. The van der Waals surface area contributed by atoms with E-state index in [4.69, 9.17) is 9.84 Å². The summed E-state index contributed by atoms with van der Waals surface area (Å²) in [4.78, 5) is 23.0. The summed E-state index contributed by atoms with van der Waals surface area (Å²) in [5.41, 5.74) is -0.842. The summed E-state index contributed by atoms with van der Waals surface area (Å²) >= 11 is 0. The molecule has 0 aromatic carbocycles. The van der Waals surface area contributed by atoms with Crippen LogP contribution in [0, 0.1) is 5.92 Å². The Morgan fingerprint density at radius 2 is 1.70 bits per heavy atom. The molecule has 0 bridgehead atoms. The molecule has 20 heavy (non-hydrogen) atoms. The lowest BCUT2D eigenvalue weighted by molar-refractivity contribution is -0.194. The van der Waals surface area contributed by atoms with Crippen molar-refractivity contribution in [2.75, 3.05) is 7.05 Å². The number of ether oxygens (including phenoxy) is 1. The molecule has 0 fully saturated rings. The number of carboxylic acid groups (broad SMARTS) is 1. The second kappa shape index (κ2) is 6.32. The smallest absolute Gasteiger partial charge is 0.410 e. The number of alkyl halides is 3. The molecule has 2 unspecified atom stereocenters. The minimum Gasteiger partial charge on any atom is -0.481 e. The van der Waals surface area contributed by atoms with Crippen LogP contribution < -0.4 is 0 Å². The van der Waals surface area contributed by atoms with Gasteiger partial charge in [0.25, 0.3) is 0 Å². The van der Waals surface area contributed by atoms with E-state index in [2.05, 4.69) is 0 Å². The third-order valence-electron chi connectivity index (χ3n) is 2.69. The first-order valence-electron chi connectivity index (χ1n) is 6.00. The molecule has 0 spiro atoms. The minimum absolute atomic E-state index is 0.770. The van der Waals surface area contributed by atoms with Gasteiger partial charge >= 0.3 is 18.2 Å². The lowest BCUT2D eigenvalue weighted by atomic mass is 9.96. The zero-order valence-electron chi connectivity index (χ0n) is 12.1. The van der Waals surface area contributed by atoms with Crippen molar-refractivity contribution in [3.8, 4) is 0 Å². The fraction of sp³-hybridized carbons (Fsp3) is 0.833. The van der Waals surface area contributed by atoms with Gasteiger partial charge in [-0.25, -0.2) is 4.79 Å². The van der Waals surface area contributed by atoms with Gasteiger partial charge in [-0.15, -0.1) is 0 Å². The van der Waals surface area contributed by atoms with E-state index in [0.29, 0.717) is 0 Å². The first kappa shape index (κ1) is 18.5. The van der Waals surface area contributed by atoms with Crippen molar-refractivity contribution in [1.29, 1.82) is 0 Å². The third kappa shape index (κ3) is 6.12. The van der Waals surface area contributed by atoms with Gasteiger partial charge in [0.2, 0.25) is 0 Å². The van der Waals surface area contributed by atoms with Gasteiger partial charge in [-0.2, -0.15) is 13.2 Å². The second-order valence-electron chi connectivity index (χ2n) is 5.58. The number of hydrogen-bond donors (Lipinski definition) is 1. The largest absolute Gasteiger partial charge is 0.481 e. The molecule has 8 heteroatoms. The lowest BCUT2D eigenvalue weighted by Crippen LogP contribution is -2.47. The van der Waals surface area contributed by atoms with E-state index in [0.717, 1.165) is 18.9 Å². The van der Waals surface area contributed by atoms with Gasteiger partial charge in [-0.3, -0.25) is 4.79 Å². The van der Waals surface area contributed by atoms with Crippen LogP contribution in [-0.4, -0.2) is 46.9 Å². The molecular formula is C12H20F3NO4. The average Bonchev–Trinajstić information content (AvgIpc) is 2.19. The van der Waals surface area contributed by atoms with Crippen LogP contribution in [0.15, 0.2) is 0 Å². The van der Waals surface area contributed by atoms with E-state index in [1.807, 2.05) is 0 Å². The molecule has 0 aliphatic heterocycles. The first-order valence-corrected chi connectivity index (χ1v) is 6.00. The van der Waals surface area contributed by atoms with Gasteiger partial charge in [0.15, 0.2) is 0 Å². The Hall–Kier alpha value is -1.47. The molecule has 0 aromatic heterocycles. The van der Waals surface area contributed by atoms with Gasteiger partial charge in [-0.1, -0.05) is 0 Å². The lowest BCUT2D eigenvalue weighted by Gasteiger charge is -2.33. The predicted octanol–water partition coefficient (Wildman–Crippen LogP) is 2.90. The van der Waals surface area contributed by atoms with Crippen molar-refractivity contribution in [3.05, 3.63) is 0 Å². The maximum absolute atomic E-state index is 12.9. The van der Waals surface area contributed by atoms with Crippen molar-refractivity contribution < 1.29 is 32.6 Å². The highest BCUT2D eigenvalue weighted by atomic mass is 19.4. The molecule has 0 aliphatic rings. The Bertz CT molecular complexity index is 363. The molecule has 5 nitrogen and oxygen atoms in total. The second-order valence-corrected chi connectivity index (χ2v) is 5.58.